The van der Waals surface area contributed by atoms with Crippen molar-refractivity contribution in [3.05, 3.63) is 60.7 Å². The van der Waals surface area contributed by atoms with E-state index in [0.717, 1.165) is 6.92 Å². The zero-order chi connectivity index (χ0) is 16.9. The first-order valence-electron chi connectivity index (χ1n) is 7.03. The Kier molecular flexibility index (Phi) is 5.33. The molecule has 0 amide bonds. The van der Waals surface area contributed by atoms with E-state index >= 15 is 0 Å². The number of alkyl halides is 3. The zero-order valence-corrected chi connectivity index (χ0v) is 13.5. The molecule has 7 heteroatoms. The van der Waals surface area contributed by atoms with E-state index in [4.69, 9.17) is 8.85 Å². The number of halogens is 3. The number of hydrogen-bond acceptors (Lipinski definition) is 3. The quantitative estimate of drug-likeness (QED) is 0.771. The second-order valence-electron chi connectivity index (χ2n) is 5.10. The van der Waals surface area contributed by atoms with Crippen LogP contribution >= 0.6 is 0 Å². The fourth-order valence-corrected chi connectivity index (χ4v) is 3.95. The SMILES string of the molecule is CC(F)C(F)(F)C[Si](O)(Oc1ccccc1)Oc1ccccc1. The highest BCUT2D eigenvalue weighted by Gasteiger charge is 2.55. The Balaban J connectivity index is 2.26. The van der Waals surface area contributed by atoms with Gasteiger partial charge in [-0.2, -0.15) is 0 Å². The molecule has 2 aromatic rings. The van der Waals surface area contributed by atoms with Gasteiger partial charge in [0.2, 0.25) is 0 Å². The second kappa shape index (κ2) is 7.06. The number of benzene rings is 2. The lowest BCUT2D eigenvalue weighted by Crippen LogP contribution is -2.54. The van der Waals surface area contributed by atoms with Gasteiger partial charge in [-0.1, -0.05) is 36.4 Å². The van der Waals surface area contributed by atoms with E-state index in [9.17, 15) is 18.0 Å². The topological polar surface area (TPSA) is 38.7 Å². The fourth-order valence-electron chi connectivity index (χ4n) is 1.88. The van der Waals surface area contributed by atoms with Crippen LogP contribution in [0.25, 0.3) is 0 Å². The first kappa shape index (κ1) is 17.4. The molecule has 0 aliphatic rings. The summed E-state index contributed by atoms with van der Waals surface area (Å²) in [4.78, 5) is 10.6. The van der Waals surface area contributed by atoms with E-state index in [0.29, 0.717) is 0 Å². The lowest BCUT2D eigenvalue weighted by molar-refractivity contribution is -0.0561. The van der Waals surface area contributed by atoms with Crippen LogP contribution in [0.4, 0.5) is 13.2 Å². The summed E-state index contributed by atoms with van der Waals surface area (Å²) < 4.78 is 51.3. The van der Waals surface area contributed by atoms with Crippen molar-refractivity contribution in [2.24, 2.45) is 0 Å². The van der Waals surface area contributed by atoms with Crippen LogP contribution in [-0.4, -0.2) is 25.7 Å². The molecule has 0 spiro atoms. The summed E-state index contributed by atoms with van der Waals surface area (Å²) in [6, 6.07) is 14.7. The molecule has 23 heavy (non-hydrogen) atoms. The van der Waals surface area contributed by atoms with Crippen LogP contribution in [-0.2, 0) is 0 Å². The van der Waals surface area contributed by atoms with Crippen molar-refractivity contribution in [1.82, 2.24) is 0 Å². The molecule has 1 N–H and O–H groups in total. The average molecular weight is 342 g/mol. The van der Waals surface area contributed by atoms with Crippen LogP contribution in [0.1, 0.15) is 6.92 Å². The Morgan fingerprint density at radius 1 is 0.957 bits per heavy atom. The van der Waals surface area contributed by atoms with E-state index in [1.807, 2.05) is 0 Å². The molecule has 1 atom stereocenters. The number of hydrogen-bond donors (Lipinski definition) is 1. The van der Waals surface area contributed by atoms with Crippen molar-refractivity contribution in [2.45, 2.75) is 25.1 Å². The molecule has 0 bridgehead atoms. The Morgan fingerprint density at radius 3 is 1.70 bits per heavy atom. The summed E-state index contributed by atoms with van der Waals surface area (Å²) in [5, 5.41) is 0. The molecule has 0 heterocycles. The van der Waals surface area contributed by atoms with Crippen LogP contribution in [0.3, 0.4) is 0 Å². The molecule has 0 saturated carbocycles. The summed E-state index contributed by atoms with van der Waals surface area (Å²) in [6.07, 6.45) is -2.43. The van der Waals surface area contributed by atoms with Crippen LogP contribution in [0.2, 0.25) is 6.04 Å². The zero-order valence-electron chi connectivity index (χ0n) is 12.5. The lowest BCUT2D eigenvalue weighted by atomic mass is 10.3. The molecular weight excluding hydrogens is 325 g/mol. The number of para-hydroxylation sites is 2. The summed E-state index contributed by atoms with van der Waals surface area (Å²) in [6.45, 7) is 0.736. The van der Waals surface area contributed by atoms with E-state index in [2.05, 4.69) is 0 Å². The van der Waals surface area contributed by atoms with Gasteiger partial charge in [-0.05, 0) is 31.2 Å². The van der Waals surface area contributed by atoms with E-state index < -0.39 is 26.9 Å². The Bertz CT molecular complexity index is 567. The first-order chi connectivity index (χ1) is 10.8. The van der Waals surface area contributed by atoms with Gasteiger partial charge in [0.25, 0.3) is 5.92 Å². The molecule has 1 unspecified atom stereocenters. The molecule has 0 aromatic heterocycles. The third-order valence-electron chi connectivity index (χ3n) is 3.08. The fraction of sp³-hybridized carbons (Fsp3) is 0.250. The molecular formula is C16H17F3O3Si. The maximum absolute atomic E-state index is 13.8. The molecule has 0 radical (unpaired) electrons. The van der Waals surface area contributed by atoms with Gasteiger partial charge in [-0.25, -0.2) is 13.2 Å². The Hall–Kier alpha value is -1.99. The standard InChI is InChI=1S/C16H17F3O3Si/c1-13(17)16(18,19)12-23(20,21-14-8-4-2-5-9-14)22-15-10-6-3-7-11-15/h2-11,13,20H,12H2,1H3. The van der Waals surface area contributed by atoms with Crippen molar-refractivity contribution in [1.29, 1.82) is 0 Å². The molecule has 3 nitrogen and oxygen atoms in total. The summed E-state index contributed by atoms with van der Waals surface area (Å²) in [5.41, 5.74) is 0. The van der Waals surface area contributed by atoms with E-state index in [1.54, 1.807) is 36.4 Å². The van der Waals surface area contributed by atoms with Gasteiger partial charge in [-0.3, -0.25) is 0 Å². The van der Waals surface area contributed by atoms with Crippen LogP contribution in [0.5, 0.6) is 11.5 Å². The predicted octanol–water partition coefficient (Wildman–Crippen LogP) is 4.07. The van der Waals surface area contributed by atoms with E-state index in [-0.39, 0.29) is 11.5 Å². The van der Waals surface area contributed by atoms with Crippen molar-refractivity contribution >= 4 is 8.80 Å². The van der Waals surface area contributed by atoms with Gasteiger partial charge in [-0.15, -0.1) is 0 Å². The highest BCUT2D eigenvalue weighted by atomic mass is 28.4. The number of rotatable bonds is 7. The normalized spacial score (nSPS) is 13.4. The average Bonchev–Trinajstić information content (AvgIpc) is 2.48. The molecule has 0 fully saturated rings. The minimum atomic E-state index is -4.42. The molecule has 0 saturated heterocycles. The van der Waals surface area contributed by atoms with Crippen molar-refractivity contribution in [2.75, 3.05) is 0 Å². The van der Waals surface area contributed by atoms with Crippen LogP contribution < -0.4 is 8.85 Å². The van der Waals surface area contributed by atoms with Gasteiger partial charge in [0.05, 0.1) is 0 Å². The maximum atomic E-state index is 13.8. The monoisotopic (exact) mass is 342 g/mol. The minimum absolute atomic E-state index is 0.180. The highest BCUT2D eigenvalue weighted by molar-refractivity contribution is 6.61. The van der Waals surface area contributed by atoms with Gasteiger partial charge < -0.3 is 13.6 Å². The van der Waals surface area contributed by atoms with Crippen LogP contribution in [0, 0.1) is 0 Å². The smallest absolute Gasteiger partial charge is 0.492 e. The van der Waals surface area contributed by atoms with Crippen molar-refractivity contribution in [3.63, 3.8) is 0 Å². The molecule has 2 rings (SSSR count). The summed E-state index contributed by atoms with van der Waals surface area (Å²) >= 11 is 0. The molecule has 2 aromatic carbocycles. The van der Waals surface area contributed by atoms with E-state index in [1.165, 1.54) is 24.3 Å². The molecule has 124 valence electrons. The largest absolute Gasteiger partial charge is 0.635 e. The van der Waals surface area contributed by atoms with Crippen molar-refractivity contribution in [3.8, 4) is 11.5 Å². The first-order valence-corrected chi connectivity index (χ1v) is 9.00. The minimum Gasteiger partial charge on any atom is -0.492 e. The highest BCUT2D eigenvalue weighted by Crippen LogP contribution is 2.33. The van der Waals surface area contributed by atoms with Gasteiger partial charge in [0, 0.05) is 0 Å². The Morgan fingerprint density at radius 2 is 1.35 bits per heavy atom. The van der Waals surface area contributed by atoms with Gasteiger partial charge in [0.1, 0.15) is 17.5 Å². The van der Waals surface area contributed by atoms with Crippen molar-refractivity contribution < 1.29 is 26.8 Å². The second-order valence-corrected chi connectivity index (χ2v) is 7.28. The van der Waals surface area contributed by atoms with Crippen LogP contribution in [0.15, 0.2) is 60.7 Å². The molecule has 0 aliphatic heterocycles. The molecule has 0 aliphatic carbocycles. The van der Waals surface area contributed by atoms with Gasteiger partial charge >= 0.3 is 8.80 Å². The predicted molar refractivity (Wildman–Crippen MR) is 82.4 cm³/mol. The summed E-state index contributed by atoms with van der Waals surface area (Å²) in [7, 11) is -4.42. The van der Waals surface area contributed by atoms with Gasteiger partial charge in [0.15, 0.2) is 6.17 Å². The maximum Gasteiger partial charge on any atom is 0.635 e. The third-order valence-corrected chi connectivity index (χ3v) is 5.11. The summed E-state index contributed by atoms with van der Waals surface area (Å²) in [5.74, 6) is -3.40. The Labute approximate surface area is 133 Å². The lowest BCUT2D eigenvalue weighted by Gasteiger charge is -2.29. The third kappa shape index (κ3) is 5.00.